The molecule has 0 heterocycles. The summed E-state index contributed by atoms with van der Waals surface area (Å²) in [6.45, 7) is 0. The fraction of sp³-hybridized carbons (Fsp3) is 0.417. The number of methoxy groups -OCH3 is 1. The molecule has 0 radical (unpaired) electrons. The lowest BCUT2D eigenvalue weighted by molar-refractivity contribution is 0.0328. The molecule has 1 amide bonds. The molecule has 0 bridgehead atoms. The molecule has 4 nitrogen and oxygen atoms in total. The second kappa shape index (κ2) is 4.53. The van der Waals surface area contributed by atoms with Crippen molar-refractivity contribution >= 4 is 11.6 Å². The van der Waals surface area contributed by atoms with Gasteiger partial charge >= 0.3 is 0 Å². The second-order valence-corrected chi connectivity index (χ2v) is 4.12. The van der Waals surface area contributed by atoms with E-state index in [0.717, 1.165) is 18.5 Å². The van der Waals surface area contributed by atoms with Gasteiger partial charge < -0.3 is 15.8 Å². The lowest BCUT2D eigenvalue weighted by atomic mass is 9.89. The van der Waals surface area contributed by atoms with Gasteiger partial charge in [0.05, 0.1) is 6.10 Å². The van der Waals surface area contributed by atoms with E-state index in [1.807, 2.05) is 12.1 Å². The minimum absolute atomic E-state index is 0.372. The lowest BCUT2D eigenvalue weighted by Crippen LogP contribution is -2.40. The van der Waals surface area contributed by atoms with Crippen LogP contribution in [0.25, 0.3) is 0 Å². The summed E-state index contributed by atoms with van der Waals surface area (Å²) in [7, 11) is 1.73. The standard InChI is InChI=1S/C12H16N2O2/c1-16-11-6-10(7-11)14-9-4-2-3-8(5-9)12(13)15/h2-5,10-11,14H,6-7H2,1H3,(H2,13,15). The second-order valence-electron chi connectivity index (χ2n) is 4.12. The molecule has 1 aliphatic rings. The van der Waals surface area contributed by atoms with Gasteiger partial charge in [-0.15, -0.1) is 0 Å². The number of primary amides is 1. The molecule has 1 fully saturated rings. The zero-order chi connectivity index (χ0) is 11.5. The fourth-order valence-electron chi connectivity index (χ4n) is 1.87. The third-order valence-corrected chi connectivity index (χ3v) is 2.95. The Labute approximate surface area is 94.8 Å². The van der Waals surface area contributed by atoms with E-state index in [-0.39, 0.29) is 0 Å². The van der Waals surface area contributed by atoms with Crippen LogP contribution in [-0.4, -0.2) is 25.2 Å². The monoisotopic (exact) mass is 220 g/mol. The fourth-order valence-corrected chi connectivity index (χ4v) is 1.87. The highest BCUT2D eigenvalue weighted by molar-refractivity contribution is 5.93. The highest BCUT2D eigenvalue weighted by Gasteiger charge is 2.28. The number of amides is 1. The van der Waals surface area contributed by atoms with E-state index in [1.165, 1.54) is 0 Å². The van der Waals surface area contributed by atoms with Crippen molar-refractivity contribution in [3.05, 3.63) is 29.8 Å². The number of nitrogens with one attached hydrogen (secondary N) is 1. The summed E-state index contributed by atoms with van der Waals surface area (Å²) in [5, 5.41) is 3.35. The van der Waals surface area contributed by atoms with Crippen molar-refractivity contribution in [3.63, 3.8) is 0 Å². The molecule has 1 saturated carbocycles. The van der Waals surface area contributed by atoms with Crippen LogP contribution in [0.1, 0.15) is 23.2 Å². The third-order valence-electron chi connectivity index (χ3n) is 2.95. The summed E-state index contributed by atoms with van der Waals surface area (Å²) in [6.07, 6.45) is 2.39. The number of benzene rings is 1. The lowest BCUT2D eigenvalue weighted by Gasteiger charge is -2.35. The molecule has 0 aliphatic heterocycles. The highest BCUT2D eigenvalue weighted by atomic mass is 16.5. The van der Waals surface area contributed by atoms with Crippen LogP contribution in [0.2, 0.25) is 0 Å². The Balaban J connectivity index is 1.95. The summed E-state index contributed by atoms with van der Waals surface area (Å²) in [5.41, 5.74) is 6.69. The van der Waals surface area contributed by atoms with Crippen LogP contribution in [0.3, 0.4) is 0 Å². The summed E-state index contributed by atoms with van der Waals surface area (Å²) in [4.78, 5) is 11.0. The molecule has 0 aromatic heterocycles. The van der Waals surface area contributed by atoms with Crippen LogP contribution in [0.5, 0.6) is 0 Å². The maximum Gasteiger partial charge on any atom is 0.248 e. The van der Waals surface area contributed by atoms with Gasteiger partial charge in [0.25, 0.3) is 0 Å². The van der Waals surface area contributed by atoms with Gasteiger partial charge in [0.1, 0.15) is 0 Å². The first-order valence-corrected chi connectivity index (χ1v) is 5.38. The quantitative estimate of drug-likeness (QED) is 0.805. The van der Waals surface area contributed by atoms with Crippen molar-refractivity contribution in [1.29, 1.82) is 0 Å². The molecule has 0 atom stereocenters. The van der Waals surface area contributed by atoms with Gasteiger partial charge in [-0.1, -0.05) is 6.07 Å². The SMILES string of the molecule is COC1CC(Nc2cccc(C(N)=O)c2)C1. The minimum Gasteiger partial charge on any atom is -0.382 e. The van der Waals surface area contributed by atoms with E-state index in [1.54, 1.807) is 19.2 Å². The van der Waals surface area contributed by atoms with Gasteiger partial charge in [0.2, 0.25) is 5.91 Å². The van der Waals surface area contributed by atoms with Crippen molar-refractivity contribution in [2.75, 3.05) is 12.4 Å². The van der Waals surface area contributed by atoms with Crippen molar-refractivity contribution in [1.82, 2.24) is 0 Å². The molecule has 1 aliphatic carbocycles. The molecular formula is C12H16N2O2. The van der Waals surface area contributed by atoms with Gasteiger partial charge in [-0.05, 0) is 31.0 Å². The maximum atomic E-state index is 11.0. The van der Waals surface area contributed by atoms with E-state index < -0.39 is 5.91 Å². The molecule has 86 valence electrons. The first kappa shape index (κ1) is 11.0. The number of carbonyl (C=O) groups excluding carboxylic acids is 1. The van der Waals surface area contributed by atoms with Crippen LogP contribution >= 0.6 is 0 Å². The van der Waals surface area contributed by atoms with E-state index in [9.17, 15) is 4.79 Å². The number of anilines is 1. The molecular weight excluding hydrogens is 204 g/mol. The van der Waals surface area contributed by atoms with Gasteiger partial charge in [0, 0.05) is 24.4 Å². The van der Waals surface area contributed by atoms with Gasteiger partial charge in [-0.2, -0.15) is 0 Å². The minimum atomic E-state index is -0.396. The summed E-state index contributed by atoms with van der Waals surface area (Å²) >= 11 is 0. The Kier molecular flexibility index (Phi) is 3.10. The number of hydrogen-bond acceptors (Lipinski definition) is 3. The van der Waals surface area contributed by atoms with Crippen LogP contribution in [0, 0.1) is 0 Å². The first-order valence-electron chi connectivity index (χ1n) is 5.38. The zero-order valence-electron chi connectivity index (χ0n) is 9.27. The Bertz CT molecular complexity index is 386. The molecule has 0 unspecified atom stereocenters. The highest BCUT2D eigenvalue weighted by Crippen LogP contribution is 2.26. The maximum absolute atomic E-state index is 11.0. The van der Waals surface area contributed by atoms with Crippen LogP contribution < -0.4 is 11.1 Å². The van der Waals surface area contributed by atoms with E-state index >= 15 is 0 Å². The van der Waals surface area contributed by atoms with Gasteiger partial charge in [-0.25, -0.2) is 0 Å². The topological polar surface area (TPSA) is 64.3 Å². The number of ether oxygens (including phenoxy) is 1. The number of rotatable bonds is 4. The average molecular weight is 220 g/mol. The Morgan fingerprint density at radius 2 is 2.25 bits per heavy atom. The van der Waals surface area contributed by atoms with Gasteiger partial charge in [0.15, 0.2) is 0 Å². The van der Waals surface area contributed by atoms with E-state index in [0.29, 0.717) is 17.7 Å². The zero-order valence-corrected chi connectivity index (χ0v) is 9.27. The Hall–Kier alpha value is -1.55. The number of carbonyl (C=O) groups is 1. The predicted molar refractivity (Wildman–Crippen MR) is 62.4 cm³/mol. The molecule has 1 aromatic carbocycles. The predicted octanol–water partition coefficient (Wildman–Crippen LogP) is 1.37. The molecule has 1 aromatic rings. The number of nitrogens with two attached hydrogens (primary N) is 1. The molecule has 4 heteroatoms. The van der Waals surface area contributed by atoms with Crippen molar-refractivity contribution < 1.29 is 9.53 Å². The molecule has 0 spiro atoms. The third kappa shape index (κ3) is 2.33. The van der Waals surface area contributed by atoms with Crippen molar-refractivity contribution in [2.45, 2.75) is 25.0 Å². The van der Waals surface area contributed by atoms with Crippen LogP contribution in [0.15, 0.2) is 24.3 Å². The Morgan fingerprint density at radius 3 is 2.88 bits per heavy atom. The summed E-state index contributed by atoms with van der Waals surface area (Å²) in [6, 6.07) is 7.70. The van der Waals surface area contributed by atoms with E-state index in [4.69, 9.17) is 10.5 Å². The molecule has 2 rings (SSSR count). The van der Waals surface area contributed by atoms with Gasteiger partial charge in [-0.3, -0.25) is 4.79 Å². The molecule has 16 heavy (non-hydrogen) atoms. The summed E-state index contributed by atoms with van der Waals surface area (Å²) in [5.74, 6) is -0.396. The van der Waals surface area contributed by atoms with Crippen LogP contribution in [0.4, 0.5) is 5.69 Å². The van der Waals surface area contributed by atoms with Crippen molar-refractivity contribution in [3.8, 4) is 0 Å². The normalized spacial score (nSPS) is 23.6. The first-order chi connectivity index (χ1) is 7.69. The molecule has 3 N–H and O–H groups in total. The summed E-state index contributed by atoms with van der Waals surface area (Å²) < 4.78 is 5.20. The molecule has 0 saturated heterocycles. The van der Waals surface area contributed by atoms with E-state index in [2.05, 4.69) is 5.32 Å². The van der Waals surface area contributed by atoms with Crippen molar-refractivity contribution in [2.24, 2.45) is 5.73 Å². The largest absolute Gasteiger partial charge is 0.382 e. The van der Waals surface area contributed by atoms with Crippen LogP contribution in [-0.2, 0) is 4.74 Å². The average Bonchev–Trinajstić information content (AvgIpc) is 2.23. The number of hydrogen-bond donors (Lipinski definition) is 2. The smallest absolute Gasteiger partial charge is 0.248 e. The Morgan fingerprint density at radius 1 is 1.50 bits per heavy atom.